The van der Waals surface area contributed by atoms with Crippen LogP contribution < -0.4 is 0 Å². The Hall–Kier alpha value is -0.530. The van der Waals surface area contributed by atoms with Crippen LogP contribution in [0.5, 0.6) is 0 Å². The van der Waals surface area contributed by atoms with Crippen molar-refractivity contribution in [2.24, 2.45) is 17.8 Å². The lowest BCUT2D eigenvalue weighted by molar-refractivity contribution is -0.131. The Morgan fingerprint density at radius 1 is 1.46 bits per heavy atom. The molecule has 3 unspecified atom stereocenters. The van der Waals surface area contributed by atoms with Crippen LogP contribution in [0.2, 0.25) is 0 Å². The number of amides is 1. The Morgan fingerprint density at radius 2 is 2.15 bits per heavy atom. The minimum Gasteiger partial charge on any atom is -0.340 e. The van der Waals surface area contributed by atoms with Crippen LogP contribution >= 0.6 is 0 Å². The molecule has 0 spiro atoms. The van der Waals surface area contributed by atoms with E-state index in [0.717, 1.165) is 24.3 Å². The first-order chi connectivity index (χ1) is 6.11. The summed E-state index contributed by atoms with van der Waals surface area (Å²) in [7, 11) is 0. The third-order valence-electron chi connectivity index (χ3n) is 3.72. The number of hydrogen-bond donors (Lipinski definition) is 0. The van der Waals surface area contributed by atoms with Crippen LogP contribution in [0.4, 0.5) is 0 Å². The fourth-order valence-corrected chi connectivity index (χ4v) is 2.91. The normalized spacial score (nSPS) is 37.5. The number of hydrogen-bond acceptors (Lipinski definition) is 1. The fraction of sp³-hybridized carbons (Fsp3) is 0.909. The molecule has 1 saturated heterocycles. The van der Waals surface area contributed by atoms with E-state index in [-0.39, 0.29) is 5.91 Å². The van der Waals surface area contributed by atoms with E-state index < -0.39 is 0 Å². The van der Waals surface area contributed by atoms with Gasteiger partial charge in [0.15, 0.2) is 0 Å². The molecule has 1 heterocycles. The van der Waals surface area contributed by atoms with Crippen LogP contribution in [-0.2, 0) is 4.79 Å². The van der Waals surface area contributed by atoms with Gasteiger partial charge in [0.25, 0.3) is 0 Å². The third-order valence-corrected chi connectivity index (χ3v) is 3.72. The van der Waals surface area contributed by atoms with Gasteiger partial charge in [-0.2, -0.15) is 0 Å². The van der Waals surface area contributed by atoms with Gasteiger partial charge in [-0.15, -0.1) is 0 Å². The molecule has 13 heavy (non-hydrogen) atoms. The zero-order valence-electron chi connectivity index (χ0n) is 8.79. The van der Waals surface area contributed by atoms with Gasteiger partial charge in [0.2, 0.25) is 5.91 Å². The van der Waals surface area contributed by atoms with Gasteiger partial charge >= 0.3 is 0 Å². The van der Waals surface area contributed by atoms with Crippen LogP contribution in [0.15, 0.2) is 0 Å². The van der Waals surface area contributed by atoms with Crippen molar-refractivity contribution in [1.82, 2.24) is 4.90 Å². The lowest BCUT2D eigenvalue weighted by Crippen LogP contribution is -2.39. The summed E-state index contributed by atoms with van der Waals surface area (Å²) < 4.78 is 0. The molecule has 1 aliphatic carbocycles. The SMILES string of the molecule is CC(=O)N1CCC(C(C)C)C2CC21. The number of rotatable bonds is 1. The monoisotopic (exact) mass is 181 g/mol. The number of fused-ring (bicyclic) bond motifs is 1. The van der Waals surface area contributed by atoms with Gasteiger partial charge in [0.1, 0.15) is 0 Å². The van der Waals surface area contributed by atoms with E-state index in [2.05, 4.69) is 18.7 Å². The molecule has 2 fully saturated rings. The first-order valence-electron chi connectivity index (χ1n) is 5.38. The highest BCUT2D eigenvalue weighted by Crippen LogP contribution is 2.49. The summed E-state index contributed by atoms with van der Waals surface area (Å²) in [6.45, 7) is 7.32. The number of carbonyl (C=O) groups excluding carboxylic acids is 1. The van der Waals surface area contributed by atoms with Gasteiger partial charge in [0.05, 0.1) is 0 Å². The molecular formula is C11H19NO. The Bertz CT molecular complexity index is 224. The molecule has 3 atom stereocenters. The molecule has 0 radical (unpaired) electrons. The van der Waals surface area contributed by atoms with Gasteiger partial charge in [0, 0.05) is 19.5 Å². The molecule has 0 N–H and O–H groups in total. The average Bonchev–Trinajstić information content (AvgIpc) is 2.79. The minimum atomic E-state index is 0.273. The summed E-state index contributed by atoms with van der Waals surface area (Å²) in [6.07, 6.45) is 2.49. The van der Waals surface area contributed by atoms with Crippen molar-refractivity contribution in [3.63, 3.8) is 0 Å². The second kappa shape index (κ2) is 3.00. The van der Waals surface area contributed by atoms with Crippen molar-refractivity contribution in [3.05, 3.63) is 0 Å². The lowest BCUT2D eigenvalue weighted by atomic mass is 9.85. The van der Waals surface area contributed by atoms with Crippen molar-refractivity contribution in [2.75, 3.05) is 6.54 Å². The molecular weight excluding hydrogens is 162 g/mol. The molecule has 2 heteroatoms. The smallest absolute Gasteiger partial charge is 0.219 e. The second-order valence-corrected chi connectivity index (χ2v) is 4.88. The largest absolute Gasteiger partial charge is 0.340 e. The topological polar surface area (TPSA) is 20.3 Å². The molecule has 2 aliphatic rings. The van der Waals surface area contributed by atoms with Crippen molar-refractivity contribution in [2.45, 2.75) is 39.7 Å². The number of likely N-dealkylation sites (tertiary alicyclic amines) is 1. The van der Waals surface area contributed by atoms with E-state index in [0.29, 0.717) is 6.04 Å². The predicted octanol–water partition coefficient (Wildman–Crippen LogP) is 1.90. The standard InChI is InChI=1S/C11H19NO/c1-7(2)9-4-5-12(8(3)13)11-6-10(9)11/h7,9-11H,4-6H2,1-3H3. The van der Waals surface area contributed by atoms with Crippen LogP contribution in [0, 0.1) is 17.8 Å². The molecule has 0 aromatic heterocycles. The molecule has 2 nitrogen and oxygen atoms in total. The van der Waals surface area contributed by atoms with E-state index in [4.69, 9.17) is 0 Å². The Labute approximate surface area is 80.3 Å². The maximum Gasteiger partial charge on any atom is 0.219 e. The molecule has 74 valence electrons. The van der Waals surface area contributed by atoms with Crippen LogP contribution in [0.25, 0.3) is 0 Å². The number of nitrogens with zero attached hydrogens (tertiary/aromatic N) is 1. The van der Waals surface area contributed by atoms with Crippen molar-refractivity contribution in [1.29, 1.82) is 0 Å². The summed E-state index contributed by atoms with van der Waals surface area (Å²) in [4.78, 5) is 13.3. The zero-order chi connectivity index (χ0) is 9.59. The van der Waals surface area contributed by atoms with E-state index in [9.17, 15) is 4.79 Å². The van der Waals surface area contributed by atoms with Gasteiger partial charge in [-0.25, -0.2) is 0 Å². The third kappa shape index (κ3) is 1.47. The first-order valence-corrected chi connectivity index (χ1v) is 5.38. The molecule has 0 aromatic rings. The van der Waals surface area contributed by atoms with E-state index in [1.54, 1.807) is 6.92 Å². The van der Waals surface area contributed by atoms with Crippen molar-refractivity contribution >= 4 is 5.91 Å². The van der Waals surface area contributed by atoms with Crippen molar-refractivity contribution in [3.8, 4) is 0 Å². The minimum absolute atomic E-state index is 0.273. The maximum absolute atomic E-state index is 11.2. The van der Waals surface area contributed by atoms with Crippen LogP contribution in [-0.4, -0.2) is 23.4 Å². The number of carbonyl (C=O) groups is 1. The van der Waals surface area contributed by atoms with Crippen molar-refractivity contribution < 1.29 is 4.79 Å². The Balaban J connectivity index is 1.99. The first kappa shape index (κ1) is 9.04. The highest BCUT2D eigenvalue weighted by atomic mass is 16.2. The maximum atomic E-state index is 11.2. The van der Waals surface area contributed by atoms with Gasteiger partial charge in [-0.05, 0) is 30.6 Å². The lowest BCUT2D eigenvalue weighted by Gasteiger charge is -2.32. The Kier molecular flexibility index (Phi) is 2.09. The highest BCUT2D eigenvalue weighted by molar-refractivity contribution is 5.74. The summed E-state index contributed by atoms with van der Waals surface area (Å²) in [5, 5.41) is 0. The molecule has 1 amide bonds. The van der Waals surface area contributed by atoms with Crippen LogP contribution in [0.1, 0.15) is 33.6 Å². The molecule has 1 saturated carbocycles. The summed E-state index contributed by atoms with van der Waals surface area (Å²) >= 11 is 0. The second-order valence-electron chi connectivity index (χ2n) is 4.88. The van der Waals surface area contributed by atoms with Crippen LogP contribution in [0.3, 0.4) is 0 Å². The van der Waals surface area contributed by atoms with Gasteiger partial charge in [-0.1, -0.05) is 13.8 Å². The van der Waals surface area contributed by atoms with Gasteiger partial charge in [-0.3, -0.25) is 4.79 Å². The van der Waals surface area contributed by atoms with Gasteiger partial charge < -0.3 is 4.90 Å². The summed E-state index contributed by atoms with van der Waals surface area (Å²) in [5.41, 5.74) is 0. The molecule has 1 aliphatic heterocycles. The highest BCUT2D eigenvalue weighted by Gasteiger charge is 2.51. The zero-order valence-corrected chi connectivity index (χ0v) is 8.79. The van der Waals surface area contributed by atoms with E-state index in [1.807, 2.05) is 0 Å². The quantitative estimate of drug-likeness (QED) is 0.605. The predicted molar refractivity (Wildman–Crippen MR) is 52.2 cm³/mol. The average molecular weight is 181 g/mol. The molecule has 0 bridgehead atoms. The Morgan fingerprint density at radius 3 is 2.69 bits per heavy atom. The molecule has 0 aromatic carbocycles. The van der Waals surface area contributed by atoms with E-state index >= 15 is 0 Å². The summed E-state index contributed by atoms with van der Waals surface area (Å²) in [6, 6.07) is 0.610. The van der Waals surface area contributed by atoms with E-state index in [1.165, 1.54) is 12.8 Å². The number of piperidine rings is 1. The summed E-state index contributed by atoms with van der Waals surface area (Å²) in [5.74, 6) is 2.78. The molecule has 2 rings (SSSR count). The fourth-order valence-electron chi connectivity index (χ4n) is 2.91.